The number of carbonyl (C=O) groups excluding carboxylic acids is 1. The number of methoxy groups -OCH3 is 1. The third-order valence-corrected chi connectivity index (χ3v) is 7.24. The molecule has 0 aliphatic heterocycles. The Hall–Kier alpha value is -1.57. The number of benzene rings is 2. The Morgan fingerprint density at radius 3 is 2.29 bits per heavy atom. The molecule has 0 spiro atoms. The van der Waals surface area contributed by atoms with Gasteiger partial charge in [0.15, 0.2) is 0 Å². The third-order valence-electron chi connectivity index (χ3n) is 4.47. The van der Waals surface area contributed by atoms with E-state index in [9.17, 15) is 4.79 Å². The summed E-state index contributed by atoms with van der Waals surface area (Å²) in [6, 6.07) is 10.6. The fourth-order valence-electron chi connectivity index (χ4n) is 2.99. The van der Waals surface area contributed by atoms with Crippen molar-refractivity contribution in [2.24, 2.45) is 0 Å². The number of Topliss-reactive ketones (excluding diaryl/α,β-unsaturated/α-hetero) is 1. The van der Waals surface area contributed by atoms with Gasteiger partial charge in [-0.25, -0.2) is 0 Å². The van der Waals surface area contributed by atoms with Gasteiger partial charge in [-0.1, -0.05) is 0 Å². The van der Waals surface area contributed by atoms with Crippen LogP contribution in [0, 0.1) is 20.8 Å². The van der Waals surface area contributed by atoms with E-state index in [0.717, 1.165) is 17.5 Å². The number of hydrogen-bond acceptors (Lipinski definition) is 2. The van der Waals surface area contributed by atoms with Crippen LogP contribution in [0.1, 0.15) is 41.2 Å². The van der Waals surface area contributed by atoms with Crippen molar-refractivity contribution in [2.45, 2.75) is 45.9 Å². The fourth-order valence-corrected chi connectivity index (χ4v) is 5.72. The average molecular weight is 389 g/mol. The molecular formula is C21H26O2Se. The standard InChI is InChI=1S/C21H26O2Se/c1-14(22)11-12-19-17(4)20(23-5)15(2)16(3)21(19)24-13-18-9-7-6-8-10-18/h6-10H,11-13H2,1-5H3. The van der Waals surface area contributed by atoms with Crippen LogP contribution in [0.15, 0.2) is 30.3 Å². The van der Waals surface area contributed by atoms with E-state index in [1.54, 1.807) is 14.0 Å². The van der Waals surface area contributed by atoms with Crippen LogP contribution in [0.5, 0.6) is 5.75 Å². The summed E-state index contributed by atoms with van der Waals surface area (Å²) in [7, 11) is 1.73. The Morgan fingerprint density at radius 2 is 1.71 bits per heavy atom. The summed E-state index contributed by atoms with van der Waals surface area (Å²) in [6.07, 6.45) is 1.41. The summed E-state index contributed by atoms with van der Waals surface area (Å²) in [5.41, 5.74) is 6.45. The molecule has 0 N–H and O–H groups in total. The van der Waals surface area contributed by atoms with Crippen molar-refractivity contribution >= 4 is 25.2 Å². The molecule has 2 aromatic rings. The van der Waals surface area contributed by atoms with Crippen LogP contribution in [-0.2, 0) is 16.5 Å². The summed E-state index contributed by atoms with van der Waals surface area (Å²) in [6.45, 7) is 8.12. The van der Waals surface area contributed by atoms with Crippen LogP contribution in [0.2, 0.25) is 0 Å². The fraction of sp³-hybridized carbons (Fsp3) is 0.381. The number of ether oxygens (including phenoxy) is 1. The minimum atomic E-state index is 0.244. The summed E-state index contributed by atoms with van der Waals surface area (Å²) in [5, 5.41) is 1.08. The molecule has 0 bridgehead atoms. The van der Waals surface area contributed by atoms with Crippen molar-refractivity contribution in [2.75, 3.05) is 7.11 Å². The first-order chi connectivity index (χ1) is 11.5. The van der Waals surface area contributed by atoms with Crippen LogP contribution in [0.25, 0.3) is 0 Å². The zero-order valence-electron chi connectivity index (χ0n) is 15.2. The minimum absolute atomic E-state index is 0.244. The molecule has 0 radical (unpaired) electrons. The molecule has 128 valence electrons. The van der Waals surface area contributed by atoms with Crippen LogP contribution in [-0.4, -0.2) is 27.8 Å². The van der Waals surface area contributed by atoms with Gasteiger partial charge in [-0.3, -0.25) is 0 Å². The van der Waals surface area contributed by atoms with E-state index in [4.69, 9.17) is 4.74 Å². The monoisotopic (exact) mass is 390 g/mol. The molecule has 2 nitrogen and oxygen atoms in total. The molecule has 3 heteroatoms. The van der Waals surface area contributed by atoms with Gasteiger partial charge < -0.3 is 0 Å². The van der Waals surface area contributed by atoms with Crippen molar-refractivity contribution < 1.29 is 9.53 Å². The van der Waals surface area contributed by atoms with E-state index < -0.39 is 0 Å². The molecule has 0 saturated heterocycles. The van der Waals surface area contributed by atoms with Gasteiger partial charge in [-0.15, -0.1) is 0 Å². The Balaban J connectivity index is 2.40. The van der Waals surface area contributed by atoms with Crippen LogP contribution in [0.3, 0.4) is 0 Å². The number of hydrogen-bond donors (Lipinski definition) is 0. The van der Waals surface area contributed by atoms with Gasteiger partial charge >= 0.3 is 152 Å². The molecule has 0 heterocycles. The SMILES string of the molecule is COc1c(C)c(C)c([Se]Cc2ccccc2)c(CCC(C)=O)c1C. The normalized spacial score (nSPS) is 10.7. The number of ketones is 1. The van der Waals surface area contributed by atoms with Crippen molar-refractivity contribution in [3.05, 3.63) is 58.1 Å². The second-order valence-electron chi connectivity index (χ2n) is 6.19. The zero-order chi connectivity index (χ0) is 17.7. The number of carbonyl (C=O) groups is 1. The van der Waals surface area contributed by atoms with Gasteiger partial charge in [0, 0.05) is 0 Å². The molecule has 0 amide bonds. The third kappa shape index (κ3) is 4.28. The first-order valence-corrected chi connectivity index (χ1v) is 10.3. The molecule has 0 aliphatic rings. The van der Waals surface area contributed by atoms with Gasteiger partial charge in [-0.2, -0.15) is 0 Å². The van der Waals surface area contributed by atoms with Crippen molar-refractivity contribution in [3.63, 3.8) is 0 Å². The molecule has 0 unspecified atom stereocenters. The Bertz CT molecular complexity index is 721. The molecule has 0 atom stereocenters. The summed E-state index contributed by atoms with van der Waals surface area (Å²) >= 11 is 0.347. The summed E-state index contributed by atoms with van der Waals surface area (Å²) < 4.78 is 7.09. The van der Waals surface area contributed by atoms with E-state index in [-0.39, 0.29) is 5.78 Å². The van der Waals surface area contributed by atoms with E-state index in [2.05, 4.69) is 51.1 Å². The van der Waals surface area contributed by atoms with Gasteiger partial charge in [0.1, 0.15) is 0 Å². The number of rotatable bonds is 7. The zero-order valence-corrected chi connectivity index (χ0v) is 16.9. The molecule has 24 heavy (non-hydrogen) atoms. The molecule has 2 rings (SSSR count). The summed E-state index contributed by atoms with van der Waals surface area (Å²) in [4.78, 5) is 11.5. The van der Waals surface area contributed by atoms with E-state index >= 15 is 0 Å². The van der Waals surface area contributed by atoms with E-state index in [0.29, 0.717) is 21.4 Å². The molecule has 0 saturated carbocycles. The Labute approximate surface area is 151 Å². The van der Waals surface area contributed by atoms with Gasteiger partial charge in [0.2, 0.25) is 0 Å². The van der Waals surface area contributed by atoms with Crippen LogP contribution in [0.4, 0.5) is 0 Å². The van der Waals surface area contributed by atoms with E-state index in [1.807, 2.05) is 0 Å². The Kier molecular flexibility index (Phi) is 6.65. The van der Waals surface area contributed by atoms with Crippen molar-refractivity contribution in [3.8, 4) is 5.75 Å². The second-order valence-corrected chi connectivity index (χ2v) is 8.26. The quantitative estimate of drug-likeness (QED) is 0.676. The van der Waals surface area contributed by atoms with Crippen LogP contribution >= 0.6 is 0 Å². The molecular weight excluding hydrogens is 363 g/mol. The van der Waals surface area contributed by atoms with Gasteiger partial charge in [-0.05, 0) is 0 Å². The van der Waals surface area contributed by atoms with E-state index in [1.165, 1.54) is 32.3 Å². The van der Waals surface area contributed by atoms with Gasteiger partial charge in [0.25, 0.3) is 0 Å². The van der Waals surface area contributed by atoms with Crippen molar-refractivity contribution in [1.29, 1.82) is 0 Å². The predicted octanol–water partition coefficient (Wildman–Crippen LogP) is 3.67. The van der Waals surface area contributed by atoms with Gasteiger partial charge in [0.05, 0.1) is 0 Å². The maximum absolute atomic E-state index is 11.5. The molecule has 0 fully saturated rings. The molecule has 0 aliphatic carbocycles. The summed E-state index contributed by atoms with van der Waals surface area (Å²) in [5.74, 6) is 1.22. The maximum atomic E-state index is 11.5. The second kappa shape index (κ2) is 8.50. The predicted molar refractivity (Wildman–Crippen MR) is 102 cm³/mol. The van der Waals surface area contributed by atoms with Crippen molar-refractivity contribution in [1.82, 2.24) is 0 Å². The molecule has 2 aromatic carbocycles. The first-order valence-electron chi connectivity index (χ1n) is 8.28. The average Bonchev–Trinajstić information content (AvgIpc) is 2.57. The molecule has 0 aromatic heterocycles. The topological polar surface area (TPSA) is 26.3 Å². The van der Waals surface area contributed by atoms with Crippen LogP contribution < -0.4 is 9.20 Å². The first kappa shape index (κ1) is 18.8. The Morgan fingerprint density at radius 1 is 1.04 bits per heavy atom.